The van der Waals surface area contributed by atoms with Crippen LogP contribution in [0.15, 0.2) is 188 Å². The third-order valence-corrected chi connectivity index (χ3v) is 15.2. The lowest BCUT2D eigenvalue weighted by molar-refractivity contribution is 0.632. The smallest absolute Gasteiger partial charge is 0.333 e. The van der Waals surface area contributed by atoms with Gasteiger partial charge in [0.15, 0.2) is 0 Å². The summed E-state index contributed by atoms with van der Waals surface area (Å²) in [6.45, 7) is 4.67. The molecule has 0 atom stereocenters. The van der Waals surface area contributed by atoms with Crippen LogP contribution in [0.5, 0.6) is 0 Å². The van der Waals surface area contributed by atoms with Gasteiger partial charge in [0.1, 0.15) is 11.2 Å². The number of rotatable bonds is 2. The molecule has 0 aliphatic carbocycles. The summed E-state index contributed by atoms with van der Waals surface area (Å²) in [4.78, 5) is 10.4. The summed E-state index contributed by atoms with van der Waals surface area (Å²) in [6.07, 6.45) is 0. The fourth-order valence-corrected chi connectivity index (χ4v) is 12.4. The number of para-hydroxylation sites is 3. The second-order valence-electron chi connectivity index (χ2n) is 16.0. The van der Waals surface area contributed by atoms with Crippen molar-refractivity contribution in [2.24, 2.45) is 0 Å². The number of furan rings is 1. The highest BCUT2D eigenvalue weighted by Gasteiger charge is 2.50. The van der Waals surface area contributed by atoms with Crippen molar-refractivity contribution in [2.75, 3.05) is 9.71 Å². The average molecular weight is 765 g/mol. The number of benzene rings is 8. The largest absolute Gasteiger partial charge is 0.455 e. The van der Waals surface area contributed by atoms with E-state index in [0.29, 0.717) is 0 Å². The van der Waals surface area contributed by atoms with E-state index in [-0.39, 0.29) is 12.3 Å². The Bertz CT molecular complexity index is 3190. The van der Waals surface area contributed by atoms with Gasteiger partial charge in [-0.2, -0.15) is 0 Å². The van der Waals surface area contributed by atoms with Crippen molar-refractivity contribution in [2.45, 2.75) is 38.8 Å². The monoisotopic (exact) mass is 764 g/mol. The molecule has 0 bridgehead atoms. The topological polar surface area (TPSA) is 19.6 Å². The van der Waals surface area contributed by atoms with Crippen molar-refractivity contribution in [1.82, 2.24) is 0 Å². The minimum absolute atomic E-state index is 0.110. The zero-order chi connectivity index (χ0) is 37.6. The van der Waals surface area contributed by atoms with Crippen LogP contribution in [-0.2, 0) is 5.41 Å². The predicted octanol–water partition coefficient (Wildman–Crippen LogP) is 13.2. The Morgan fingerprint density at radius 2 is 1.23 bits per heavy atom. The molecule has 0 saturated carbocycles. The molecule has 0 fully saturated rings. The molecule has 6 heteroatoms. The number of hydrogen-bond donors (Lipinski definition) is 0. The lowest BCUT2D eigenvalue weighted by Gasteiger charge is -2.50. The van der Waals surface area contributed by atoms with E-state index in [4.69, 9.17) is 4.42 Å². The quantitative estimate of drug-likeness (QED) is 0.163. The van der Waals surface area contributed by atoms with Crippen molar-refractivity contribution in [3.05, 3.63) is 175 Å². The summed E-state index contributed by atoms with van der Waals surface area (Å²) >= 11 is 3.76. The van der Waals surface area contributed by atoms with Crippen LogP contribution in [0.25, 0.3) is 44.2 Å². The van der Waals surface area contributed by atoms with Gasteiger partial charge in [0.2, 0.25) is 0 Å². The number of hydrogen-bond acceptors (Lipinski definition) is 5. The Labute approximate surface area is 340 Å². The molecule has 0 N–H and O–H groups in total. The van der Waals surface area contributed by atoms with Crippen LogP contribution >= 0.6 is 23.5 Å². The first-order chi connectivity index (χ1) is 28.0. The van der Waals surface area contributed by atoms with Gasteiger partial charge >= 0.3 is 6.85 Å². The van der Waals surface area contributed by atoms with Crippen molar-refractivity contribution in [3.8, 4) is 22.3 Å². The Balaban J connectivity index is 1.17. The molecule has 4 aliphatic rings. The van der Waals surface area contributed by atoms with Gasteiger partial charge in [0, 0.05) is 69.6 Å². The zero-order valence-electron chi connectivity index (χ0n) is 31.3. The molecule has 5 heterocycles. The first-order valence-electron chi connectivity index (χ1n) is 19.6. The Hall–Kier alpha value is -6.08. The van der Waals surface area contributed by atoms with Crippen LogP contribution in [0.3, 0.4) is 0 Å². The maximum atomic E-state index is 7.03. The van der Waals surface area contributed by atoms with Gasteiger partial charge in [-0.05, 0) is 87.8 Å². The van der Waals surface area contributed by atoms with E-state index in [1.54, 1.807) is 0 Å². The van der Waals surface area contributed by atoms with Crippen LogP contribution in [-0.4, -0.2) is 6.85 Å². The summed E-state index contributed by atoms with van der Waals surface area (Å²) in [5.41, 5.74) is 17.9. The molecular formula is C51H33BN2OS2. The summed E-state index contributed by atoms with van der Waals surface area (Å²) in [5.74, 6) is 0. The molecule has 0 spiro atoms. The molecule has 4 aliphatic heterocycles. The van der Waals surface area contributed by atoms with Gasteiger partial charge in [-0.1, -0.05) is 147 Å². The van der Waals surface area contributed by atoms with Crippen LogP contribution in [0.4, 0.5) is 28.4 Å². The van der Waals surface area contributed by atoms with Crippen LogP contribution < -0.4 is 20.6 Å². The normalized spacial score (nSPS) is 15.1. The van der Waals surface area contributed by atoms with Crippen molar-refractivity contribution < 1.29 is 4.42 Å². The van der Waals surface area contributed by atoms with Gasteiger partial charge in [0.05, 0.1) is 5.69 Å². The number of anilines is 5. The van der Waals surface area contributed by atoms with Crippen LogP contribution in [0.1, 0.15) is 25.0 Å². The van der Waals surface area contributed by atoms with E-state index in [2.05, 4.69) is 187 Å². The molecule has 13 rings (SSSR count). The third-order valence-electron chi connectivity index (χ3n) is 12.7. The highest BCUT2D eigenvalue weighted by Crippen LogP contribution is 2.58. The maximum Gasteiger partial charge on any atom is 0.333 e. The van der Waals surface area contributed by atoms with Crippen LogP contribution in [0, 0.1) is 0 Å². The van der Waals surface area contributed by atoms with E-state index >= 15 is 0 Å². The summed E-state index contributed by atoms with van der Waals surface area (Å²) in [6, 6.07) is 60.7. The van der Waals surface area contributed by atoms with E-state index in [9.17, 15) is 0 Å². The molecule has 1 aromatic heterocycles. The number of fused-ring (bicyclic) bond motifs is 12. The standard InChI is InChI=1S/C51H33BN2OS2/c1-51(2)36-16-7-8-19-39(36)53-41-27-34-33-15-6-9-20-42(33)55-50(34)47-35-28-45-46(57-44-22-11-10-21-43(44)56-45)29-40(35)54(52(48(41)47)38-18-12-17-37(51)49(38)53)32-25-23-31(24-26-32)30-13-4-3-5-14-30/h3-29H,1-2H3. The molecule has 268 valence electrons. The van der Waals surface area contributed by atoms with Gasteiger partial charge in [-0.15, -0.1) is 0 Å². The second kappa shape index (κ2) is 11.5. The molecule has 0 radical (unpaired) electrons. The molecule has 0 amide bonds. The van der Waals surface area contributed by atoms with E-state index in [1.165, 1.54) is 86.6 Å². The van der Waals surface area contributed by atoms with Crippen molar-refractivity contribution in [1.29, 1.82) is 0 Å². The highest BCUT2D eigenvalue weighted by molar-refractivity contribution is 8.05. The van der Waals surface area contributed by atoms with Gasteiger partial charge in [0.25, 0.3) is 0 Å². The summed E-state index contributed by atoms with van der Waals surface area (Å²) < 4.78 is 7.03. The Kier molecular flexibility index (Phi) is 6.47. The highest BCUT2D eigenvalue weighted by atomic mass is 32.2. The second-order valence-corrected chi connectivity index (χ2v) is 18.2. The van der Waals surface area contributed by atoms with Crippen molar-refractivity contribution >= 4 is 91.7 Å². The lowest BCUT2D eigenvalue weighted by atomic mass is 9.42. The Morgan fingerprint density at radius 1 is 0.544 bits per heavy atom. The summed E-state index contributed by atoms with van der Waals surface area (Å²) in [5, 5.41) is 2.29. The molecule has 0 saturated heterocycles. The molecule has 8 aromatic carbocycles. The molecule has 9 aromatic rings. The van der Waals surface area contributed by atoms with Gasteiger partial charge < -0.3 is 14.1 Å². The first-order valence-corrected chi connectivity index (χ1v) is 21.3. The Morgan fingerprint density at radius 3 is 2.05 bits per heavy atom. The molecular weight excluding hydrogens is 732 g/mol. The predicted molar refractivity (Wildman–Crippen MR) is 240 cm³/mol. The first kappa shape index (κ1) is 32.1. The van der Waals surface area contributed by atoms with Crippen LogP contribution in [0.2, 0.25) is 0 Å². The van der Waals surface area contributed by atoms with E-state index < -0.39 is 0 Å². The molecule has 0 unspecified atom stereocenters. The average Bonchev–Trinajstić information content (AvgIpc) is 3.63. The molecule has 57 heavy (non-hydrogen) atoms. The minimum atomic E-state index is -0.194. The van der Waals surface area contributed by atoms with Crippen molar-refractivity contribution in [3.63, 3.8) is 0 Å². The third kappa shape index (κ3) is 4.32. The fourth-order valence-electron chi connectivity index (χ4n) is 10.1. The van der Waals surface area contributed by atoms with Gasteiger partial charge in [-0.3, -0.25) is 0 Å². The SMILES string of the molecule is CC1(C)c2ccccc2N2c3cc4c(oc5ccccc54)c4c3B(c3cccc1c32)N(c1ccc(-c2ccccc2)cc1)c1cc2c(cc1-4)Sc1ccccc1S2. The van der Waals surface area contributed by atoms with Gasteiger partial charge in [-0.25, -0.2) is 0 Å². The fraction of sp³-hybridized carbons (Fsp3) is 0.0588. The number of nitrogens with zero attached hydrogens (tertiary/aromatic N) is 2. The van der Waals surface area contributed by atoms with E-state index in [0.717, 1.165) is 27.6 Å². The summed E-state index contributed by atoms with van der Waals surface area (Å²) in [7, 11) is 0. The minimum Gasteiger partial charge on any atom is -0.455 e. The molecule has 3 nitrogen and oxygen atoms in total. The zero-order valence-corrected chi connectivity index (χ0v) is 32.9. The lowest BCUT2D eigenvalue weighted by Crippen LogP contribution is -2.62. The van der Waals surface area contributed by atoms with E-state index in [1.807, 2.05) is 23.5 Å². The maximum absolute atomic E-state index is 7.03.